The van der Waals surface area contributed by atoms with Crippen LogP contribution < -0.4 is 15.5 Å². The lowest BCUT2D eigenvalue weighted by Crippen LogP contribution is -2.46. The Labute approximate surface area is 201 Å². The van der Waals surface area contributed by atoms with Gasteiger partial charge in [0.1, 0.15) is 23.9 Å². The van der Waals surface area contributed by atoms with Gasteiger partial charge in [-0.25, -0.2) is 4.39 Å². The van der Waals surface area contributed by atoms with Crippen molar-refractivity contribution in [3.8, 4) is 0 Å². The highest BCUT2D eigenvalue weighted by Crippen LogP contribution is 2.19. The second-order valence-corrected chi connectivity index (χ2v) is 9.96. The number of carbonyl (C=O) groups is 3. The van der Waals surface area contributed by atoms with Crippen molar-refractivity contribution in [1.82, 2.24) is 5.32 Å². The zero-order chi connectivity index (χ0) is 24.5. The Morgan fingerprint density at radius 3 is 2.38 bits per heavy atom. The monoisotopic (exact) mass is 487 g/mol. The summed E-state index contributed by atoms with van der Waals surface area (Å²) in [6, 6.07) is 12.6. The third kappa shape index (κ3) is 8.06. The van der Waals surface area contributed by atoms with E-state index in [2.05, 4.69) is 10.6 Å². The van der Waals surface area contributed by atoms with Gasteiger partial charge in [0.2, 0.25) is 17.7 Å². The summed E-state index contributed by atoms with van der Waals surface area (Å²) in [4.78, 5) is 39.0. The van der Waals surface area contributed by atoms with Crippen molar-refractivity contribution in [1.29, 1.82) is 0 Å². The predicted molar refractivity (Wildman–Crippen MR) is 131 cm³/mol. The van der Waals surface area contributed by atoms with Gasteiger partial charge >= 0.3 is 0 Å². The molecule has 2 aromatic rings. The summed E-state index contributed by atoms with van der Waals surface area (Å²) < 4.78 is 26.4. The number of rotatable bonds is 9. The van der Waals surface area contributed by atoms with E-state index < -0.39 is 34.2 Å². The summed E-state index contributed by atoms with van der Waals surface area (Å²) in [5.74, 6) is -2.85. The van der Waals surface area contributed by atoms with Gasteiger partial charge in [-0.2, -0.15) is 0 Å². The first-order valence-electron chi connectivity index (χ1n) is 11.4. The second kappa shape index (κ2) is 12.4. The SMILES string of the molecule is Cc1ccc(NC(=O)C[S@](=O)CC(=O)N(CC(=O)NC2CCCCC2)c2cccc(F)c2)cc1. The van der Waals surface area contributed by atoms with E-state index >= 15 is 0 Å². The molecule has 0 aliphatic heterocycles. The lowest BCUT2D eigenvalue weighted by atomic mass is 9.95. The Balaban J connectivity index is 1.61. The molecule has 2 aromatic carbocycles. The quantitative estimate of drug-likeness (QED) is 0.567. The maximum absolute atomic E-state index is 13.8. The summed E-state index contributed by atoms with van der Waals surface area (Å²) in [5, 5.41) is 5.59. The number of amides is 3. The van der Waals surface area contributed by atoms with Crippen LogP contribution in [0, 0.1) is 12.7 Å². The van der Waals surface area contributed by atoms with Crippen molar-refractivity contribution >= 4 is 39.9 Å². The van der Waals surface area contributed by atoms with Crippen LogP contribution in [-0.2, 0) is 25.2 Å². The molecule has 0 spiro atoms. The van der Waals surface area contributed by atoms with Crippen LogP contribution in [0.1, 0.15) is 37.7 Å². The minimum Gasteiger partial charge on any atom is -0.352 e. The molecule has 7 nitrogen and oxygen atoms in total. The molecule has 0 bridgehead atoms. The normalized spacial score (nSPS) is 14.8. The molecule has 1 aliphatic carbocycles. The Hall–Kier alpha value is -3.07. The van der Waals surface area contributed by atoms with Gasteiger partial charge in [-0.15, -0.1) is 0 Å². The van der Waals surface area contributed by atoms with Crippen molar-refractivity contribution in [2.45, 2.75) is 45.1 Å². The Kier molecular flexibility index (Phi) is 9.33. The number of benzene rings is 2. The van der Waals surface area contributed by atoms with Crippen LogP contribution in [0.15, 0.2) is 48.5 Å². The van der Waals surface area contributed by atoms with Crippen molar-refractivity contribution in [3.63, 3.8) is 0 Å². The van der Waals surface area contributed by atoms with E-state index in [0.717, 1.165) is 48.6 Å². The number of nitrogens with one attached hydrogen (secondary N) is 2. The van der Waals surface area contributed by atoms with E-state index in [1.165, 1.54) is 18.2 Å². The van der Waals surface area contributed by atoms with Crippen molar-refractivity contribution < 1.29 is 23.0 Å². The van der Waals surface area contributed by atoms with Crippen molar-refractivity contribution in [2.75, 3.05) is 28.3 Å². The third-order valence-corrected chi connectivity index (χ3v) is 6.76. The molecule has 9 heteroatoms. The fourth-order valence-electron chi connectivity index (χ4n) is 3.88. The van der Waals surface area contributed by atoms with Crippen LogP contribution in [0.3, 0.4) is 0 Å². The fourth-order valence-corrected chi connectivity index (χ4v) is 4.78. The number of hydrogen-bond acceptors (Lipinski definition) is 4. The molecule has 1 saturated carbocycles. The summed E-state index contributed by atoms with van der Waals surface area (Å²) in [5.41, 5.74) is 1.81. The smallest absolute Gasteiger partial charge is 0.240 e. The molecule has 1 atom stereocenters. The van der Waals surface area contributed by atoms with Gasteiger partial charge in [-0.3, -0.25) is 18.6 Å². The number of nitrogens with zero attached hydrogens (tertiary/aromatic N) is 1. The van der Waals surface area contributed by atoms with Crippen molar-refractivity contribution in [2.24, 2.45) is 0 Å². The van der Waals surface area contributed by atoms with Gasteiger partial charge in [-0.05, 0) is 50.1 Å². The summed E-state index contributed by atoms with van der Waals surface area (Å²) >= 11 is 0. The zero-order valence-corrected chi connectivity index (χ0v) is 20.0. The highest BCUT2D eigenvalue weighted by atomic mass is 32.2. The van der Waals surface area contributed by atoms with E-state index in [1.54, 1.807) is 12.1 Å². The molecule has 1 aliphatic rings. The largest absolute Gasteiger partial charge is 0.352 e. The molecule has 0 radical (unpaired) electrons. The Morgan fingerprint density at radius 2 is 1.71 bits per heavy atom. The van der Waals surface area contributed by atoms with Crippen LogP contribution in [0.25, 0.3) is 0 Å². The number of hydrogen-bond donors (Lipinski definition) is 2. The first-order chi connectivity index (χ1) is 16.3. The first-order valence-corrected chi connectivity index (χ1v) is 12.9. The van der Waals surface area contributed by atoms with Crippen molar-refractivity contribution in [3.05, 3.63) is 59.9 Å². The molecule has 0 heterocycles. The fraction of sp³-hybridized carbons (Fsp3) is 0.400. The molecule has 0 aromatic heterocycles. The van der Waals surface area contributed by atoms with Gasteiger partial charge in [0.05, 0.1) is 0 Å². The van der Waals surface area contributed by atoms with E-state index in [1.807, 2.05) is 19.1 Å². The van der Waals surface area contributed by atoms with Gasteiger partial charge in [0, 0.05) is 28.2 Å². The Bertz CT molecular complexity index is 1040. The summed E-state index contributed by atoms with van der Waals surface area (Å²) in [6.07, 6.45) is 5.01. The maximum atomic E-state index is 13.8. The minimum atomic E-state index is -1.81. The van der Waals surface area contributed by atoms with Gasteiger partial charge < -0.3 is 15.5 Å². The zero-order valence-electron chi connectivity index (χ0n) is 19.2. The lowest BCUT2D eigenvalue weighted by molar-refractivity contribution is -0.123. The van der Waals surface area contributed by atoms with Gasteiger partial charge in [0.25, 0.3) is 0 Å². The van der Waals surface area contributed by atoms with E-state index in [-0.39, 0.29) is 29.9 Å². The van der Waals surface area contributed by atoms with Crippen LogP contribution in [0.5, 0.6) is 0 Å². The molecular formula is C25H30FN3O4S. The average Bonchev–Trinajstić information content (AvgIpc) is 2.79. The number of anilines is 2. The molecule has 34 heavy (non-hydrogen) atoms. The molecule has 2 N–H and O–H groups in total. The minimum absolute atomic E-state index is 0.0605. The average molecular weight is 488 g/mol. The van der Waals surface area contributed by atoms with Gasteiger partial charge in [-0.1, -0.05) is 43.0 Å². The van der Waals surface area contributed by atoms with Crippen LogP contribution in [-0.4, -0.2) is 46.0 Å². The van der Waals surface area contributed by atoms with Crippen LogP contribution in [0.4, 0.5) is 15.8 Å². The highest BCUT2D eigenvalue weighted by molar-refractivity contribution is 7.86. The van der Waals surface area contributed by atoms with E-state index in [0.29, 0.717) is 5.69 Å². The number of carbonyl (C=O) groups excluding carboxylic acids is 3. The standard InChI is InChI=1S/C25H30FN3O4S/c1-18-10-12-21(13-11-18)28-24(31)16-34(33)17-25(32)29(22-9-5-6-19(26)14-22)15-23(30)27-20-7-3-2-4-8-20/h5-6,9-14,20H,2-4,7-8,15-17H2,1H3,(H,27,30)(H,28,31)/t34-/m0/s1. The topological polar surface area (TPSA) is 95.6 Å². The molecule has 1 fully saturated rings. The third-order valence-electron chi connectivity index (χ3n) is 5.60. The van der Waals surface area contributed by atoms with Crippen LogP contribution in [0.2, 0.25) is 0 Å². The van der Waals surface area contributed by atoms with E-state index in [4.69, 9.17) is 0 Å². The lowest BCUT2D eigenvalue weighted by Gasteiger charge is -2.26. The van der Waals surface area contributed by atoms with E-state index in [9.17, 15) is 23.0 Å². The molecular weight excluding hydrogens is 457 g/mol. The van der Waals surface area contributed by atoms with Gasteiger partial charge in [0.15, 0.2) is 0 Å². The molecule has 3 amide bonds. The molecule has 182 valence electrons. The number of aryl methyl sites for hydroxylation is 1. The number of halogens is 1. The molecule has 0 unspecified atom stereocenters. The highest BCUT2D eigenvalue weighted by Gasteiger charge is 2.24. The summed E-state index contributed by atoms with van der Waals surface area (Å²) in [7, 11) is -1.81. The Morgan fingerprint density at radius 1 is 1.00 bits per heavy atom. The maximum Gasteiger partial charge on any atom is 0.240 e. The molecule has 3 rings (SSSR count). The predicted octanol–water partition coefficient (Wildman–Crippen LogP) is 3.30. The van der Waals surface area contributed by atoms with Crippen LogP contribution >= 0.6 is 0 Å². The molecule has 0 saturated heterocycles. The second-order valence-electron chi connectivity index (χ2n) is 8.50. The first kappa shape index (κ1) is 25.6. The summed E-state index contributed by atoms with van der Waals surface area (Å²) in [6.45, 7) is 1.61.